The Bertz CT molecular complexity index is 236. The summed E-state index contributed by atoms with van der Waals surface area (Å²) in [7, 11) is 1.66. The molecule has 0 spiro atoms. The Morgan fingerprint density at radius 1 is 1.50 bits per heavy atom. The van der Waals surface area contributed by atoms with Gasteiger partial charge in [-0.25, -0.2) is 4.79 Å². The van der Waals surface area contributed by atoms with Crippen LogP contribution in [0.3, 0.4) is 0 Å². The fraction of sp³-hybridized carbons (Fsp3) is 0.909. The highest BCUT2D eigenvalue weighted by Gasteiger charge is 2.27. The van der Waals surface area contributed by atoms with E-state index in [-0.39, 0.29) is 12.1 Å². The Morgan fingerprint density at radius 3 is 2.75 bits per heavy atom. The van der Waals surface area contributed by atoms with Crippen molar-refractivity contribution in [1.29, 1.82) is 0 Å². The summed E-state index contributed by atoms with van der Waals surface area (Å²) in [6, 6.07) is 0.200. The Hall–Kier alpha value is -0.810. The zero-order chi connectivity index (χ0) is 12.2. The number of nitrogens with zero attached hydrogens (tertiary/aromatic N) is 1. The second-order valence-corrected chi connectivity index (χ2v) is 5.03. The third kappa shape index (κ3) is 4.37. The van der Waals surface area contributed by atoms with Gasteiger partial charge in [-0.1, -0.05) is 0 Å². The first-order valence-electron chi connectivity index (χ1n) is 5.62. The molecule has 0 unspecified atom stereocenters. The summed E-state index contributed by atoms with van der Waals surface area (Å²) in [6.45, 7) is 8.35. The molecule has 0 radical (unpaired) electrons. The Balaban J connectivity index is 2.44. The van der Waals surface area contributed by atoms with Gasteiger partial charge in [0.05, 0.1) is 6.61 Å². The van der Waals surface area contributed by atoms with Crippen LogP contribution in [-0.2, 0) is 9.47 Å². The van der Waals surface area contributed by atoms with Crippen LogP contribution in [-0.4, -0.2) is 56.0 Å². The van der Waals surface area contributed by atoms with E-state index in [2.05, 4.69) is 5.32 Å². The third-order valence-electron chi connectivity index (χ3n) is 2.28. The van der Waals surface area contributed by atoms with Crippen molar-refractivity contribution in [3.63, 3.8) is 0 Å². The predicted octanol–water partition coefficient (Wildman–Crippen LogP) is 0.842. The second kappa shape index (κ2) is 5.50. The van der Waals surface area contributed by atoms with Gasteiger partial charge < -0.3 is 19.7 Å². The minimum atomic E-state index is -0.432. The monoisotopic (exact) mass is 230 g/mol. The smallest absolute Gasteiger partial charge is 0.410 e. The maximum absolute atomic E-state index is 11.8. The summed E-state index contributed by atoms with van der Waals surface area (Å²) >= 11 is 0. The number of hydrogen-bond donors (Lipinski definition) is 1. The molecule has 1 aliphatic heterocycles. The first-order chi connectivity index (χ1) is 7.42. The maximum Gasteiger partial charge on any atom is 0.410 e. The molecule has 0 aromatic rings. The van der Waals surface area contributed by atoms with Crippen LogP contribution in [0.1, 0.15) is 20.8 Å². The number of hydrogen-bond acceptors (Lipinski definition) is 4. The zero-order valence-electron chi connectivity index (χ0n) is 10.6. The van der Waals surface area contributed by atoms with Crippen LogP contribution < -0.4 is 5.32 Å². The molecule has 1 atom stereocenters. The fourth-order valence-electron chi connectivity index (χ4n) is 1.63. The molecule has 1 fully saturated rings. The van der Waals surface area contributed by atoms with Crippen molar-refractivity contribution in [2.75, 3.05) is 33.4 Å². The number of ether oxygens (including phenoxy) is 2. The van der Waals surface area contributed by atoms with Crippen molar-refractivity contribution >= 4 is 6.09 Å². The molecule has 94 valence electrons. The first-order valence-corrected chi connectivity index (χ1v) is 5.62. The molecular weight excluding hydrogens is 208 g/mol. The lowest BCUT2D eigenvalue weighted by atomic mass is 10.2. The van der Waals surface area contributed by atoms with E-state index >= 15 is 0 Å². The number of rotatable bonds is 2. The number of carbonyl (C=O) groups is 1. The van der Waals surface area contributed by atoms with E-state index in [4.69, 9.17) is 9.47 Å². The third-order valence-corrected chi connectivity index (χ3v) is 2.28. The SMILES string of the molecule is COC[C@@H]1CN(C(=O)OC(C)(C)C)CCN1. The molecule has 1 saturated heterocycles. The molecule has 0 aromatic carbocycles. The Labute approximate surface area is 97.1 Å². The van der Waals surface area contributed by atoms with Crippen LogP contribution in [0, 0.1) is 0 Å². The van der Waals surface area contributed by atoms with Crippen molar-refractivity contribution < 1.29 is 14.3 Å². The van der Waals surface area contributed by atoms with Gasteiger partial charge in [-0.2, -0.15) is 0 Å². The summed E-state index contributed by atoms with van der Waals surface area (Å²) in [4.78, 5) is 13.5. The van der Waals surface area contributed by atoms with E-state index in [1.54, 1.807) is 12.0 Å². The second-order valence-electron chi connectivity index (χ2n) is 5.03. The number of carbonyl (C=O) groups excluding carboxylic acids is 1. The summed E-state index contributed by atoms with van der Waals surface area (Å²) in [5, 5.41) is 3.29. The summed E-state index contributed by atoms with van der Waals surface area (Å²) in [6.07, 6.45) is -0.241. The van der Waals surface area contributed by atoms with E-state index in [9.17, 15) is 4.79 Å². The average Bonchev–Trinajstić information content (AvgIpc) is 2.16. The normalized spacial score (nSPS) is 22.0. The Morgan fingerprint density at radius 2 is 2.19 bits per heavy atom. The van der Waals surface area contributed by atoms with Crippen molar-refractivity contribution in [3.8, 4) is 0 Å². The van der Waals surface area contributed by atoms with Crippen molar-refractivity contribution in [2.24, 2.45) is 0 Å². The molecule has 0 aromatic heterocycles. The summed E-state index contributed by atoms with van der Waals surface area (Å²) in [5.74, 6) is 0. The van der Waals surface area contributed by atoms with Crippen LogP contribution in [0.5, 0.6) is 0 Å². The lowest BCUT2D eigenvalue weighted by Gasteiger charge is -2.34. The van der Waals surface area contributed by atoms with E-state index in [0.29, 0.717) is 19.7 Å². The van der Waals surface area contributed by atoms with Crippen LogP contribution >= 0.6 is 0 Å². The molecule has 1 N–H and O–H groups in total. The topological polar surface area (TPSA) is 50.8 Å². The lowest BCUT2D eigenvalue weighted by Crippen LogP contribution is -2.55. The fourth-order valence-corrected chi connectivity index (χ4v) is 1.63. The number of methoxy groups -OCH3 is 1. The van der Waals surface area contributed by atoms with Gasteiger partial charge in [0.15, 0.2) is 0 Å². The zero-order valence-corrected chi connectivity index (χ0v) is 10.6. The molecule has 1 heterocycles. The summed E-state index contributed by atoms with van der Waals surface area (Å²) in [5.41, 5.74) is -0.432. The lowest BCUT2D eigenvalue weighted by molar-refractivity contribution is 0.0159. The van der Waals surface area contributed by atoms with E-state index in [0.717, 1.165) is 6.54 Å². The van der Waals surface area contributed by atoms with Gasteiger partial charge in [-0.3, -0.25) is 0 Å². The number of amides is 1. The number of piperazine rings is 1. The van der Waals surface area contributed by atoms with E-state index in [1.165, 1.54) is 0 Å². The van der Waals surface area contributed by atoms with Gasteiger partial charge in [0, 0.05) is 32.8 Å². The highest BCUT2D eigenvalue weighted by Crippen LogP contribution is 2.11. The predicted molar refractivity (Wildman–Crippen MR) is 61.5 cm³/mol. The van der Waals surface area contributed by atoms with Crippen LogP contribution in [0.25, 0.3) is 0 Å². The minimum Gasteiger partial charge on any atom is -0.444 e. The average molecular weight is 230 g/mol. The largest absolute Gasteiger partial charge is 0.444 e. The molecule has 1 rings (SSSR count). The molecule has 0 bridgehead atoms. The molecule has 16 heavy (non-hydrogen) atoms. The summed E-state index contributed by atoms with van der Waals surface area (Å²) < 4.78 is 10.4. The quantitative estimate of drug-likeness (QED) is 0.764. The van der Waals surface area contributed by atoms with Gasteiger partial charge in [0.1, 0.15) is 5.60 Å². The molecule has 5 heteroatoms. The van der Waals surface area contributed by atoms with Crippen molar-refractivity contribution in [3.05, 3.63) is 0 Å². The van der Waals surface area contributed by atoms with Gasteiger partial charge in [-0.15, -0.1) is 0 Å². The van der Waals surface area contributed by atoms with Gasteiger partial charge in [0.25, 0.3) is 0 Å². The maximum atomic E-state index is 11.8. The highest BCUT2D eigenvalue weighted by atomic mass is 16.6. The van der Waals surface area contributed by atoms with E-state index in [1.807, 2.05) is 20.8 Å². The molecule has 0 aliphatic carbocycles. The van der Waals surface area contributed by atoms with Gasteiger partial charge in [-0.05, 0) is 20.8 Å². The van der Waals surface area contributed by atoms with Crippen molar-refractivity contribution in [1.82, 2.24) is 10.2 Å². The highest BCUT2D eigenvalue weighted by molar-refractivity contribution is 5.68. The minimum absolute atomic E-state index is 0.200. The Kier molecular flexibility index (Phi) is 4.56. The first kappa shape index (κ1) is 13.3. The van der Waals surface area contributed by atoms with E-state index < -0.39 is 5.60 Å². The van der Waals surface area contributed by atoms with Gasteiger partial charge >= 0.3 is 6.09 Å². The van der Waals surface area contributed by atoms with Gasteiger partial charge in [0.2, 0.25) is 0 Å². The van der Waals surface area contributed by atoms with Crippen LogP contribution in [0.15, 0.2) is 0 Å². The molecular formula is C11H22N2O3. The van der Waals surface area contributed by atoms with Crippen molar-refractivity contribution in [2.45, 2.75) is 32.4 Å². The van der Waals surface area contributed by atoms with Crippen LogP contribution in [0.2, 0.25) is 0 Å². The molecule has 0 saturated carbocycles. The standard InChI is InChI=1S/C11H22N2O3/c1-11(2,3)16-10(14)13-6-5-12-9(7-13)8-15-4/h9,12H,5-8H2,1-4H3/t9-/m0/s1. The molecule has 1 amide bonds. The van der Waals surface area contributed by atoms with Crippen LogP contribution in [0.4, 0.5) is 4.79 Å². The molecule has 1 aliphatic rings. The number of nitrogens with one attached hydrogen (secondary N) is 1. The molecule has 5 nitrogen and oxygen atoms in total.